The quantitative estimate of drug-likeness (QED) is 0.645. The van der Waals surface area contributed by atoms with E-state index in [0.717, 1.165) is 39.3 Å². The normalized spacial score (nSPS) is 19.9. The molecule has 1 saturated heterocycles. The number of ether oxygens (including phenoxy) is 2. The molecule has 2 aliphatic heterocycles. The van der Waals surface area contributed by atoms with Gasteiger partial charge in [0.05, 0.1) is 18.4 Å². The van der Waals surface area contributed by atoms with Crippen LogP contribution in [0.25, 0.3) is 10.9 Å². The number of para-hydroxylation sites is 1. The molecule has 0 aliphatic carbocycles. The highest BCUT2D eigenvalue weighted by Gasteiger charge is 2.46. The number of nitrogens with one attached hydrogen (secondary N) is 1. The van der Waals surface area contributed by atoms with Crippen LogP contribution < -0.4 is 15.2 Å². The van der Waals surface area contributed by atoms with E-state index >= 15 is 0 Å². The number of carbonyl (C=O) groups is 1. The number of H-pyrrole nitrogens is 1. The van der Waals surface area contributed by atoms with E-state index in [1.54, 1.807) is 26.6 Å². The van der Waals surface area contributed by atoms with Crippen molar-refractivity contribution in [3.8, 4) is 11.5 Å². The summed E-state index contributed by atoms with van der Waals surface area (Å²) in [6.45, 7) is 1.12. The molecule has 0 bridgehead atoms. The second-order valence-electron chi connectivity index (χ2n) is 8.15. The van der Waals surface area contributed by atoms with Gasteiger partial charge >= 0.3 is 0 Å². The van der Waals surface area contributed by atoms with E-state index in [-0.39, 0.29) is 7.33 Å². The maximum atomic E-state index is 13.4. The summed E-state index contributed by atoms with van der Waals surface area (Å²) in [4.78, 5) is 23.0. The van der Waals surface area contributed by atoms with Crippen LogP contribution in [0.1, 0.15) is 30.2 Å². The molecular formula is C25H28N4O3. The summed E-state index contributed by atoms with van der Waals surface area (Å²) >= 11 is 0. The predicted molar refractivity (Wildman–Crippen MR) is 127 cm³/mol. The lowest BCUT2D eigenvalue weighted by Gasteiger charge is -2.46. The summed E-state index contributed by atoms with van der Waals surface area (Å²) in [5, 5.41) is 0.862. The number of aromatic nitrogens is 1. The number of fused-ring (bicyclic) bond motifs is 2. The number of nitrogens with two attached hydrogens (primary N) is 1. The Labute approximate surface area is 188 Å². The zero-order valence-electron chi connectivity index (χ0n) is 18.2. The summed E-state index contributed by atoms with van der Waals surface area (Å²) in [5.74, 6) is 1.53. The van der Waals surface area contributed by atoms with Crippen LogP contribution in [0.3, 0.4) is 0 Å². The van der Waals surface area contributed by atoms with E-state index in [1.165, 1.54) is 0 Å². The topological polar surface area (TPSA) is 92.9 Å². The van der Waals surface area contributed by atoms with Crippen LogP contribution in [0.5, 0.6) is 11.5 Å². The van der Waals surface area contributed by atoms with Crippen molar-refractivity contribution in [1.29, 1.82) is 0 Å². The van der Waals surface area contributed by atoms with Gasteiger partial charge in [0, 0.05) is 68.8 Å². The van der Waals surface area contributed by atoms with Gasteiger partial charge in [-0.2, -0.15) is 0 Å². The molecular weight excluding hydrogens is 404 g/mol. The predicted octanol–water partition coefficient (Wildman–Crippen LogP) is 3.75. The fourth-order valence-electron chi connectivity index (χ4n) is 4.87. The number of nitrogens with zero attached hydrogens (tertiary/aromatic N) is 2. The molecule has 1 fully saturated rings. The molecule has 3 N–H and O–H groups in total. The van der Waals surface area contributed by atoms with Gasteiger partial charge in [-0.25, -0.2) is 0 Å². The fraction of sp³-hybridized carbons (Fsp3) is 0.280. The molecule has 7 heteroatoms. The van der Waals surface area contributed by atoms with Crippen LogP contribution in [-0.4, -0.2) is 54.4 Å². The van der Waals surface area contributed by atoms with Crippen molar-refractivity contribution in [2.45, 2.75) is 18.4 Å². The number of likely N-dealkylation sites (tertiary alicyclic amines) is 1. The SMILES string of the molecule is CN=C1C(=CN)C2(CCN(C(=O)c3c[nH]c4ccc(OC)cc34)CC2)Oc2ccccc21.[HH]. The molecule has 2 aliphatic rings. The van der Waals surface area contributed by atoms with Gasteiger partial charge in [-0.05, 0) is 30.3 Å². The number of aliphatic imine (C=N–C) groups is 1. The van der Waals surface area contributed by atoms with Crippen LogP contribution in [-0.2, 0) is 0 Å². The molecule has 0 radical (unpaired) electrons. The number of carbonyl (C=O) groups excluding carboxylic acids is 1. The monoisotopic (exact) mass is 432 g/mol. The first-order valence-electron chi connectivity index (χ1n) is 10.7. The van der Waals surface area contributed by atoms with Gasteiger partial charge in [-0.15, -0.1) is 0 Å². The summed E-state index contributed by atoms with van der Waals surface area (Å²) in [6.07, 6.45) is 4.67. The number of aromatic amines is 1. The lowest BCUT2D eigenvalue weighted by Crippen LogP contribution is -2.54. The average Bonchev–Trinajstić information content (AvgIpc) is 3.26. The first-order valence-corrected chi connectivity index (χ1v) is 10.7. The molecule has 32 heavy (non-hydrogen) atoms. The molecule has 0 atom stereocenters. The molecule has 1 spiro atoms. The third kappa shape index (κ3) is 3.04. The maximum Gasteiger partial charge on any atom is 0.256 e. The van der Waals surface area contributed by atoms with Gasteiger partial charge in [0.2, 0.25) is 0 Å². The molecule has 7 nitrogen and oxygen atoms in total. The summed E-state index contributed by atoms with van der Waals surface area (Å²) < 4.78 is 11.9. The number of rotatable bonds is 2. The van der Waals surface area contributed by atoms with Gasteiger partial charge in [-0.1, -0.05) is 12.1 Å². The van der Waals surface area contributed by atoms with Crippen molar-refractivity contribution in [1.82, 2.24) is 9.88 Å². The average molecular weight is 433 g/mol. The standard InChI is InChI=1S/C25H26N4O3.H2/c1-27-23-17-5-3-4-6-22(17)32-25(20(23)14-26)9-11-29(12-10-25)24(30)19-15-28-21-8-7-16(31-2)13-18(19)21;/h3-8,13-15,28H,9-12,26H2,1-2H3;1H. The number of piperidine rings is 1. The van der Waals surface area contributed by atoms with Gasteiger partial charge < -0.3 is 25.1 Å². The van der Waals surface area contributed by atoms with Crippen molar-refractivity contribution in [2.24, 2.45) is 10.7 Å². The van der Waals surface area contributed by atoms with Crippen molar-refractivity contribution in [2.75, 3.05) is 27.2 Å². The number of hydrogen-bond donors (Lipinski definition) is 2. The van der Waals surface area contributed by atoms with E-state index in [4.69, 9.17) is 15.2 Å². The van der Waals surface area contributed by atoms with Crippen LogP contribution in [0.4, 0.5) is 0 Å². The van der Waals surface area contributed by atoms with Gasteiger partial charge in [-0.3, -0.25) is 9.79 Å². The Balaban J connectivity index is 0.00000259. The fourth-order valence-corrected chi connectivity index (χ4v) is 4.87. The summed E-state index contributed by atoms with van der Waals surface area (Å²) in [6, 6.07) is 13.6. The zero-order chi connectivity index (χ0) is 22.3. The van der Waals surface area contributed by atoms with Crippen molar-refractivity contribution in [3.63, 3.8) is 0 Å². The lowest BCUT2D eigenvalue weighted by molar-refractivity contribution is 0.0286. The summed E-state index contributed by atoms with van der Waals surface area (Å²) in [5.41, 5.74) is 9.74. The van der Waals surface area contributed by atoms with E-state index < -0.39 is 5.60 Å². The van der Waals surface area contributed by atoms with E-state index in [9.17, 15) is 4.79 Å². The first kappa shape index (κ1) is 20.2. The second-order valence-corrected chi connectivity index (χ2v) is 8.15. The Bertz CT molecular complexity index is 1260. The van der Waals surface area contributed by atoms with Crippen molar-refractivity contribution >= 4 is 22.5 Å². The van der Waals surface area contributed by atoms with Crippen LogP contribution >= 0.6 is 0 Å². The molecule has 3 heterocycles. The largest absolute Gasteiger partial charge is 0.497 e. The summed E-state index contributed by atoms with van der Waals surface area (Å²) in [7, 11) is 3.40. The highest BCUT2D eigenvalue weighted by atomic mass is 16.5. The van der Waals surface area contributed by atoms with Crippen molar-refractivity contribution in [3.05, 3.63) is 71.6 Å². The molecule has 1 amide bonds. The van der Waals surface area contributed by atoms with Gasteiger partial charge in [0.15, 0.2) is 0 Å². The molecule has 1 aromatic heterocycles. The number of hydrogen-bond acceptors (Lipinski definition) is 5. The highest BCUT2D eigenvalue weighted by molar-refractivity contribution is 6.16. The minimum absolute atomic E-state index is 0. The number of methoxy groups -OCH3 is 1. The second kappa shape index (κ2) is 7.75. The van der Waals surface area contributed by atoms with E-state index in [0.29, 0.717) is 31.5 Å². The molecule has 0 unspecified atom stereocenters. The van der Waals surface area contributed by atoms with E-state index in [1.807, 2.05) is 47.4 Å². The first-order chi connectivity index (χ1) is 15.6. The minimum Gasteiger partial charge on any atom is -0.497 e. The van der Waals surface area contributed by atoms with Crippen LogP contribution in [0.2, 0.25) is 0 Å². The number of amides is 1. The Kier molecular flexibility index (Phi) is 4.89. The Morgan fingerprint density at radius 3 is 2.78 bits per heavy atom. The number of benzene rings is 2. The molecule has 3 aromatic rings. The molecule has 166 valence electrons. The maximum absolute atomic E-state index is 13.4. The van der Waals surface area contributed by atoms with Gasteiger partial charge in [0.1, 0.15) is 17.1 Å². The van der Waals surface area contributed by atoms with Gasteiger partial charge in [0.25, 0.3) is 5.91 Å². The van der Waals surface area contributed by atoms with E-state index in [2.05, 4.69) is 9.98 Å². The third-order valence-corrected chi connectivity index (χ3v) is 6.56. The lowest BCUT2D eigenvalue weighted by atomic mass is 9.78. The Morgan fingerprint density at radius 1 is 1.28 bits per heavy atom. The van der Waals surface area contributed by atoms with Crippen molar-refractivity contribution < 1.29 is 15.7 Å². The minimum atomic E-state index is -0.585. The third-order valence-electron chi connectivity index (χ3n) is 6.56. The van der Waals surface area contributed by atoms with Crippen LogP contribution in [0.15, 0.2) is 65.4 Å². The van der Waals surface area contributed by atoms with Crippen LogP contribution in [0, 0.1) is 0 Å². The Morgan fingerprint density at radius 2 is 2.06 bits per heavy atom. The molecule has 0 saturated carbocycles. The molecule has 5 rings (SSSR count). The highest BCUT2D eigenvalue weighted by Crippen LogP contribution is 2.43. The molecule has 2 aromatic carbocycles. The zero-order valence-corrected chi connectivity index (χ0v) is 18.2. The Hall–Kier alpha value is -3.74. The smallest absolute Gasteiger partial charge is 0.256 e.